The number of ketones is 1. The van der Waals surface area contributed by atoms with Crippen LogP contribution in [-0.2, 0) is 9.84 Å². The van der Waals surface area contributed by atoms with Crippen LogP contribution in [-0.4, -0.2) is 26.6 Å². The van der Waals surface area contributed by atoms with Crippen molar-refractivity contribution < 1.29 is 31.1 Å². The van der Waals surface area contributed by atoms with Gasteiger partial charge in [0.05, 0.1) is 10.6 Å². The largest absolute Gasteiger partial charge is 0.434 e. The average Bonchev–Trinajstić information content (AvgIpc) is 2.53. The number of carbonyl (C=O) groups is 1. The molecule has 0 fully saturated rings. The van der Waals surface area contributed by atoms with E-state index < -0.39 is 33.8 Å². The molecule has 0 spiro atoms. The first-order valence-corrected chi connectivity index (χ1v) is 8.74. The number of alkyl halides is 2. The van der Waals surface area contributed by atoms with Crippen molar-refractivity contribution in [3.05, 3.63) is 65.0 Å². The molecule has 4 nitrogen and oxygen atoms in total. The zero-order valence-corrected chi connectivity index (χ0v) is 13.4. The molecule has 0 amide bonds. The van der Waals surface area contributed by atoms with Crippen LogP contribution in [0.2, 0.25) is 0 Å². The second-order valence-corrected chi connectivity index (χ2v) is 7.27. The fraction of sp³-hybridized carbons (Fsp3) is 0.118. The fourth-order valence-electron chi connectivity index (χ4n) is 2.57. The highest BCUT2D eigenvalue weighted by atomic mass is 32.2. The predicted molar refractivity (Wildman–Crippen MR) is 83.8 cm³/mol. The third kappa shape index (κ3) is 3.43. The number of fused-ring (bicyclic) bond motifs is 1. The van der Waals surface area contributed by atoms with Crippen LogP contribution in [0, 0.1) is 5.82 Å². The van der Waals surface area contributed by atoms with Gasteiger partial charge in [-0.1, -0.05) is 18.2 Å². The lowest BCUT2D eigenvalue weighted by molar-refractivity contribution is -0.0499. The number of hydrogen-bond acceptors (Lipinski definition) is 4. The number of Topliss-reactive ketones (excluding diaryl/α,β-unsaturated/α-hetero) is 1. The molecule has 0 aromatic heterocycles. The van der Waals surface area contributed by atoms with Crippen LogP contribution in [0.5, 0.6) is 5.75 Å². The Morgan fingerprint density at radius 3 is 2.56 bits per heavy atom. The summed E-state index contributed by atoms with van der Waals surface area (Å²) in [5.74, 6) is -2.21. The minimum atomic E-state index is -3.84. The molecule has 1 aliphatic heterocycles. The first-order chi connectivity index (χ1) is 11.8. The van der Waals surface area contributed by atoms with Crippen LogP contribution in [0.1, 0.15) is 15.9 Å². The summed E-state index contributed by atoms with van der Waals surface area (Å²) >= 11 is 0. The zero-order valence-electron chi connectivity index (χ0n) is 12.6. The third-order valence-electron chi connectivity index (χ3n) is 3.62. The van der Waals surface area contributed by atoms with Gasteiger partial charge < -0.3 is 4.74 Å². The van der Waals surface area contributed by atoms with E-state index in [9.17, 15) is 26.4 Å². The van der Waals surface area contributed by atoms with Gasteiger partial charge in [0.2, 0.25) is 0 Å². The number of para-hydroxylation sites is 1. The molecule has 2 aromatic rings. The van der Waals surface area contributed by atoms with Crippen molar-refractivity contribution in [2.24, 2.45) is 0 Å². The maximum Gasteiger partial charge on any atom is 0.387 e. The highest BCUT2D eigenvalue weighted by molar-refractivity contribution is 7.91. The Hall–Kier alpha value is -2.61. The van der Waals surface area contributed by atoms with E-state index in [2.05, 4.69) is 4.74 Å². The molecular formula is C17H11F3O4S. The highest BCUT2D eigenvalue weighted by Crippen LogP contribution is 2.31. The lowest BCUT2D eigenvalue weighted by Gasteiger charge is -2.18. The quantitative estimate of drug-likeness (QED) is 0.615. The van der Waals surface area contributed by atoms with Gasteiger partial charge in [0.1, 0.15) is 11.6 Å². The van der Waals surface area contributed by atoms with E-state index in [4.69, 9.17) is 0 Å². The Kier molecular flexibility index (Phi) is 4.38. The van der Waals surface area contributed by atoms with Crippen LogP contribution in [0.15, 0.2) is 52.9 Å². The molecule has 0 aliphatic carbocycles. The summed E-state index contributed by atoms with van der Waals surface area (Å²) < 4.78 is 67.4. The molecule has 3 rings (SSSR count). The minimum Gasteiger partial charge on any atom is -0.434 e. The maximum absolute atomic E-state index is 13.4. The zero-order chi connectivity index (χ0) is 18.2. The molecule has 130 valence electrons. The van der Waals surface area contributed by atoms with Gasteiger partial charge in [-0.25, -0.2) is 12.8 Å². The topological polar surface area (TPSA) is 60.4 Å². The molecule has 0 N–H and O–H groups in total. The number of hydrogen-bond donors (Lipinski definition) is 0. The van der Waals surface area contributed by atoms with Gasteiger partial charge in [-0.2, -0.15) is 8.78 Å². The van der Waals surface area contributed by atoms with E-state index in [0.717, 1.165) is 18.2 Å². The fourth-order valence-corrected chi connectivity index (χ4v) is 4.11. The van der Waals surface area contributed by atoms with Gasteiger partial charge in [-0.15, -0.1) is 0 Å². The number of halogens is 3. The number of ether oxygens (including phenoxy) is 1. The lowest BCUT2D eigenvalue weighted by atomic mass is 10.0. The molecule has 0 saturated heterocycles. The van der Waals surface area contributed by atoms with Gasteiger partial charge in [0.15, 0.2) is 15.6 Å². The predicted octanol–water partition coefficient (Wildman–Crippen LogP) is 3.48. The Morgan fingerprint density at radius 2 is 1.84 bits per heavy atom. The third-order valence-corrected chi connectivity index (χ3v) is 5.34. The Labute approximate surface area is 141 Å². The van der Waals surface area contributed by atoms with Crippen LogP contribution in [0.3, 0.4) is 0 Å². The Balaban J connectivity index is 2.11. The van der Waals surface area contributed by atoms with E-state index in [0.29, 0.717) is 0 Å². The minimum absolute atomic E-state index is 0.126. The highest BCUT2D eigenvalue weighted by Gasteiger charge is 2.33. The molecule has 1 aliphatic rings. The molecule has 1 heterocycles. The van der Waals surface area contributed by atoms with Gasteiger partial charge in [-0.05, 0) is 30.3 Å². The summed E-state index contributed by atoms with van der Waals surface area (Å²) in [4.78, 5) is 12.3. The molecule has 0 unspecified atom stereocenters. The van der Waals surface area contributed by atoms with Crippen molar-refractivity contribution in [2.75, 3.05) is 5.75 Å². The number of carbonyl (C=O) groups excluding carboxylic acids is 1. The second-order valence-electron chi connectivity index (χ2n) is 5.31. The molecular weight excluding hydrogens is 357 g/mol. The summed E-state index contributed by atoms with van der Waals surface area (Å²) in [6.45, 7) is -3.07. The van der Waals surface area contributed by atoms with Crippen molar-refractivity contribution >= 4 is 21.7 Å². The molecule has 0 atom stereocenters. The molecule has 25 heavy (non-hydrogen) atoms. The maximum atomic E-state index is 13.4. The summed E-state index contributed by atoms with van der Waals surface area (Å²) in [6.07, 6.45) is 1.17. The van der Waals surface area contributed by atoms with Crippen molar-refractivity contribution in [1.29, 1.82) is 0 Å². The summed E-state index contributed by atoms with van der Waals surface area (Å²) in [7, 11) is -3.84. The van der Waals surface area contributed by atoms with Crippen LogP contribution < -0.4 is 4.74 Å². The van der Waals surface area contributed by atoms with E-state index in [-0.39, 0.29) is 27.3 Å². The lowest BCUT2D eigenvalue weighted by Crippen LogP contribution is -2.24. The molecule has 8 heteroatoms. The van der Waals surface area contributed by atoms with Crippen molar-refractivity contribution in [1.82, 2.24) is 0 Å². The number of rotatable bonds is 3. The van der Waals surface area contributed by atoms with E-state index >= 15 is 0 Å². The summed E-state index contributed by atoms with van der Waals surface area (Å²) in [5, 5.41) is 0. The summed E-state index contributed by atoms with van der Waals surface area (Å²) in [6, 6.07) is 8.53. The van der Waals surface area contributed by atoms with Crippen molar-refractivity contribution in [3.63, 3.8) is 0 Å². The molecule has 0 bridgehead atoms. The molecule has 0 radical (unpaired) electrons. The first-order valence-electron chi connectivity index (χ1n) is 7.09. The van der Waals surface area contributed by atoms with Crippen molar-refractivity contribution in [2.45, 2.75) is 11.5 Å². The van der Waals surface area contributed by atoms with Gasteiger partial charge in [0.25, 0.3) is 0 Å². The Bertz CT molecular complexity index is 981. The molecule has 2 aromatic carbocycles. The van der Waals surface area contributed by atoms with Crippen LogP contribution in [0.25, 0.3) is 6.08 Å². The van der Waals surface area contributed by atoms with Gasteiger partial charge in [0, 0.05) is 16.7 Å². The smallest absolute Gasteiger partial charge is 0.387 e. The number of sulfone groups is 1. The van der Waals surface area contributed by atoms with E-state index in [1.54, 1.807) is 0 Å². The first kappa shape index (κ1) is 17.2. The normalized spacial score (nSPS) is 17.6. The van der Waals surface area contributed by atoms with Gasteiger partial charge in [-0.3, -0.25) is 4.79 Å². The van der Waals surface area contributed by atoms with Crippen LogP contribution >= 0.6 is 0 Å². The average molecular weight is 368 g/mol. The van der Waals surface area contributed by atoms with Crippen LogP contribution in [0.4, 0.5) is 13.2 Å². The standard InChI is InChI=1S/C17H11F3O4S/c18-12-5-6-15-13(8-12)16(21)11(9-25(15,22)23)7-10-3-1-2-4-14(10)24-17(19)20/h1-8,17H,9H2. The Morgan fingerprint density at radius 1 is 1.12 bits per heavy atom. The monoisotopic (exact) mass is 368 g/mol. The number of benzene rings is 2. The molecule has 0 saturated carbocycles. The van der Waals surface area contributed by atoms with Crippen molar-refractivity contribution in [3.8, 4) is 5.75 Å². The SMILES string of the molecule is O=C1C(=Cc2ccccc2OC(F)F)CS(=O)(=O)c2ccc(F)cc21. The van der Waals surface area contributed by atoms with E-state index in [1.807, 2.05) is 0 Å². The van der Waals surface area contributed by atoms with Gasteiger partial charge >= 0.3 is 6.61 Å². The van der Waals surface area contributed by atoms with E-state index in [1.165, 1.54) is 30.3 Å². The second kappa shape index (κ2) is 6.36. The summed E-state index contributed by atoms with van der Waals surface area (Å²) in [5.41, 5.74) is -0.297.